The molecule has 0 radical (unpaired) electrons. The van der Waals surface area contributed by atoms with E-state index in [4.69, 9.17) is 4.74 Å². The molecule has 0 aliphatic rings. The van der Waals surface area contributed by atoms with Crippen LogP contribution in [0.25, 0.3) is 0 Å². The van der Waals surface area contributed by atoms with Crippen molar-refractivity contribution in [3.05, 3.63) is 33.9 Å². The maximum Gasteiger partial charge on any atom is 0.311 e. The summed E-state index contributed by atoms with van der Waals surface area (Å²) in [6.07, 6.45) is 0. The first-order chi connectivity index (χ1) is 8.65. The van der Waals surface area contributed by atoms with Crippen LogP contribution in [-0.4, -0.2) is 18.8 Å². The zero-order chi connectivity index (χ0) is 14.6. The number of nitro benzene ring substituents is 1. The quantitative estimate of drug-likeness (QED) is 0.465. The molecule has 0 amide bonds. The van der Waals surface area contributed by atoms with Crippen LogP contribution in [0.5, 0.6) is 5.75 Å². The summed E-state index contributed by atoms with van der Waals surface area (Å²) in [4.78, 5) is 10.1. The first-order valence-electron chi connectivity index (χ1n) is 6.02. The molecule has 0 aliphatic heterocycles. The Balaban J connectivity index is 0. The Morgan fingerprint density at radius 1 is 1.22 bits per heavy atom. The molecule has 5 nitrogen and oxygen atoms in total. The monoisotopic (exact) mass is 257 g/mol. The van der Waals surface area contributed by atoms with Crippen LogP contribution in [0.2, 0.25) is 0 Å². The lowest BCUT2D eigenvalue weighted by atomic mass is 10.2. The number of nitro groups is 1. The third-order valence-corrected chi connectivity index (χ3v) is 1.64. The number of benzene rings is 1. The van der Waals surface area contributed by atoms with Gasteiger partial charge in [0.1, 0.15) is 0 Å². The topological polar surface area (TPSA) is 61.6 Å². The number of aryl methyl sites for hydroxylation is 1. The second-order valence-corrected chi connectivity index (χ2v) is 2.78. The van der Waals surface area contributed by atoms with Crippen LogP contribution in [0.3, 0.4) is 0 Å². The molecule has 5 heteroatoms. The average Bonchev–Trinajstić information content (AvgIpc) is 2.41. The first-order valence-corrected chi connectivity index (χ1v) is 6.02. The Kier molecular flexibility index (Phi) is 12.3. The number of ether oxygens (including phenoxy) is 2. The number of hydrogen-bond acceptors (Lipinski definition) is 4. The largest absolute Gasteiger partial charge is 0.460 e. The van der Waals surface area contributed by atoms with Crippen molar-refractivity contribution < 1.29 is 14.4 Å². The van der Waals surface area contributed by atoms with Gasteiger partial charge in [0.25, 0.3) is 0 Å². The second kappa shape index (κ2) is 11.9. The molecular weight excluding hydrogens is 234 g/mol. The highest BCUT2D eigenvalue weighted by Crippen LogP contribution is 2.27. The van der Waals surface area contributed by atoms with Crippen molar-refractivity contribution >= 4 is 5.69 Å². The van der Waals surface area contributed by atoms with Gasteiger partial charge in [-0.3, -0.25) is 10.1 Å². The lowest BCUT2D eigenvalue weighted by molar-refractivity contribution is -0.386. The summed E-state index contributed by atoms with van der Waals surface area (Å²) < 4.78 is 9.70. The Hall–Kier alpha value is -1.62. The molecule has 18 heavy (non-hydrogen) atoms. The van der Waals surface area contributed by atoms with Gasteiger partial charge in [0.05, 0.1) is 4.92 Å². The summed E-state index contributed by atoms with van der Waals surface area (Å²) in [7, 11) is 1.46. The molecule has 0 N–H and O–H groups in total. The lowest BCUT2D eigenvalue weighted by Crippen LogP contribution is -2.01. The fourth-order valence-corrected chi connectivity index (χ4v) is 1.01. The number of nitrogens with zero attached hydrogens (tertiary/aromatic N) is 1. The van der Waals surface area contributed by atoms with Crippen LogP contribution >= 0.6 is 0 Å². The SMILES string of the molecule is CC.CC.COCOc1ccc(C)cc1[N+](=O)[O-]. The van der Waals surface area contributed by atoms with Crippen molar-refractivity contribution in [1.29, 1.82) is 0 Å². The summed E-state index contributed by atoms with van der Waals surface area (Å²) in [5.74, 6) is 0.224. The van der Waals surface area contributed by atoms with E-state index >= 15 is 0 Å². The molecule has 0 aliphatic carbocycles. The molecule has 0 bridgehead atoms. The highest BCUT2D eigenvalue weighted by molar-refractivity contribution is 5.48. The van der Waals surface area contributed by atoms with E-state index in [1.165, 1.54) is 13.2 Å². The smallest absolute Gasteiger partial charge is 0.311 e. The van der Waals surface area contributed by atoms with Crippen LogP contribution in [0.4, 0.5) is 5.69 Å². The van der Waals surface area contributed by atoms with Crippen LogP contribution in [-0.2, 0) is 4.74 Å². The van der Waals surface area contributed by atoms with Crippen LogP contribution in [0.1, 0.15) is 33.3 Å². The van der Waals surface area contributed by atoms with Crippen molar-refractivity contribution in [2.24, 2.45) is 0 Å². The van der Waals surface area contributed by atoms with E-state index in [1.54, 1.807) is 19.1 Å². The third-order valence-electron chi connectivity index (χ3n) is 1.64. The van der Waals surface area contributed by atoms with Gasteiger partial charge in [-0.15, -0.1) is 0 Å². The highest BCUT2D eigenvalue weighted by atomic mass is 16.7. The van der Waals surface area contributed by atoms with Crippen molar-refractivity contribution in [2.75, 3.05) is 13.9 Å². The minimum Gasteiger partial charge on any atom is -0.460 e. The highest BCUT2D eigenvalue weighted by Gasteiger charge is 2.14. The molecule has 0 atom stereocenters. The van der Waals surface area contributed by atoms with Crippen LogP contribution in [0.15, 0.2) is 18.2 Å². The Bertz CT molecular complexity index is 340. The molecule has 0 saturated carbocycles. The maximum atomic E-state index is 10.6. The summed E-state index contributed by atoms with van der Waals surface area (Å²) in [5, 5.41) is 10.6. The predicted octanol–water partition coefficient (Wildman–Crippen LogP) is 3.94. The van der Waals surface area contributed by atoms with Gasteiger partial charge in [-0.05, 0) is 18.6 Å². The molecule has 0 heterocycles. The molecule has 0 aromatic heterocycles. The van der Waals surface area contributed by atoms with E-state index in [1.807, 2.05) is 27.7 Å². The molecule has 1 aromatic rings. The number of methoxy groups -OCH3 is 1. The van der Waals surface area contributed by atoms with E-state index in [-0.39, 0.29) is 18.2 Å². The van der Waals surface area contributed by atoms with Crippen LogP contribution in [0, 0.1) is 17.0 Å². The molecule has 1 rings (SSSR count). The maximum absolute atomic E-state index is 10.6. The molecule has 0 fully saturated rings. The van der Waals surface area contributed by atoms with Crippen molar-refractivity contribution in [2.45, 2.75) is 34.6 Å². The predicted molar refractivity (Wildman–Crippen MR) is 73.0 cm³/mol. The Morgan fingerprint density at radius 2 is 1.78 bits per heavy atom. The molecule has 104 valence electrons. The van der Waals surface area contributed by atoms with Gasteiger partial charge in [-0.2, -0.15) is 0 Å². The lowest BCUT2D eigenvalue weighted by Gasteiger charge is -2.05. The molecule has 0 unspecified atom stereocenters. The van der Waals surface area contributed by atoms with Gasteiger partial charge in [0, 0.05) is 13.2 Å². The van der Waals surface area contributed by atoms with Gasteiger partial charge in [-0.25, -0.2) is 0 Å². The minimum absolute atomic E-state index is 0.00387. The fraction of sp³-hybridized carbons (Fsp3) is 0.538. The first kappa shape index (κ1) is 18.7. The van der Waals surface area contributed by atoms with E-state index in [9.17, 15) is 10.1 Å². The zero-order valence-electron chi connectivity index (χ0n) is 12.0. The molecule has 1 aromatic carbocycles. The van der Waals surface area contributed by atoms with Gasteiger partial charge < -0.3 is 9.47 Å². The standard InChI is InChI=1S/C9H11NO4.2C2H6/c1-7-3-4-9(14-6-13-2)8(5-7)10(11)12;2*1-2/h3-5H,6H2,1-2H3;2*1-2H3. The number of hydrogen-bond donors (Lipinski definition) is 0. The van der Waals surface area contributed by atoms with Crippen molar-refractivity contribution in [3.63, 3.8) is 0 Å². The fourth-order valence-electron chi connectivity index (χ4n) is 1.01. The summed E-state index contributed by atoms with van der Waals surface area (Å²) >= 11 is 0. The van der Waals surface area contributed by atoms with Crippen LogP contribution < -0.4 is 4.74 Å². The second-order valence-electron chi connectivity index (χ2n) is 2.78. The zero-order valence-corrected chi connectivity index (χ0v) is 12.0. The third kappa shape index (κ3) is 6.85. The van der Waals surface area contributed by atoms with E-state index in [0.29, 0.717) is 0 Å². The van der Waals surface area contributed by atoms with E-state index < -0.39 is 4.92 Å². The average molecular weight is 257 g/mol. The molecular formula is C13H23NO4. The Labute approximate surface area is 109 Å². The number of rotatable bonds is 4. The molecule has 0 spiro atoms. The molecule has 0 saturated heterocycles. The summed E-state index contributed by atoms with van der Waals surface area (Å²) in [6, 6.07) is 4.77. The van der Waals surface area contributed by atoms with Gasteiger partial charge in [0.2, 0.25) is 0 Å². The van der Waals surface area contributed by atoms with Gasteiger partial charge >= 0.3 is 5.69 Å². The van der Waals surface area contributed by atoms with Gasteiger partial charge in [0.15, 0.2) is 12.5 Å². The van der Waals surface area contributed by atoms with Gasteiger partial charge in [-0.1, -0.05) is 33.8 Å². The minimum atomic E-state index is -0.474. The normalized spacial score (nSPS) is 8.33. The van der Waals surface area contributed by atoms with Crippen molar-refractivity contribution in [1.82, 2.24) is 0 Å². The summed E-state index contributed by atoms with van der Waals surface area (Å²) in [5.41, 5.74) is 0.781. The van der Waals surface area contributed by atoms with E-state index in [0.717, 1.165) is 5.56 Å². The van der Waals surface area contributed by atoms with E-state index in [2.05, 4.69) is 4.74 Å². The summed E-state index contributed by atoms with van der Waals surface area (Å²) in [6.45, 7) is 9.79. The Morgan fingerprint density at radius 3 is 2.22 bits per heavy atom. The van der Waals surface area contributed by atoms with Crippen molar-refractivity contribution in [3.8, 4) is 5.75 Å².